The normalized spacial score (nSPS) is 12.5. The standard InChI is InChI=1S/C13H13N3O3/c14-4-10-5-15-6-13(16-10)17-7-9-1-2-11-12(3-9)19-8-18-11/h1-3,5-6H,4,7-8,14H2. The van der Waals surface area contributed by atoms with Crippen LogP contribution in [0.15, 0.2) is 30.6 Å². The van der Waals surface area contributed by atoms with Crippen molar-refractivity contribution in [1.82, 2.24) is 9.97 Å². The first-order valence-electron chi connectivity index (χ1n) is 5.87. The minimum absolute atomic E-state index is 0.268. The van der Waals surface area contributed by atoms with E-state index in [2.05, 4.69) is 9.97 Å². The lowest BCUT2D eigenvalue weighted by molar-refractivity contribution is 0.174. The summed E-state index contributed by atoms with van der Waals surface area (Å²) in [7, 11) is 0. The summed E-state index contributed by atoms with van der Waals surface area (Å²) in [5.74, 6) is 1.96. The van der Waals surface area contributed by atoms with Crippen LogP contribution in [0.5, 0.6) is 17.4 Å². The minimum Gasteiger partial charge on any atom is -0.472 e. The molecule has 2 aromatic rings. The maximum Gasteiger partial charge on any atom is 0.232 e. The number of rotatable bonds is 4. The third-order valence-electron chi connectivity index (χ3n) is 2.70. The summed E-state index contributed by atoms with van der Waals surface area (Å²) >= 11 is 0. The van der Waals surface area contributed by atoms with Crippen LogP contribution in [0.2, 0.25) is 0 Å². The van der Waals surface area contributed by atoms with Crippen LogP contribution in [0, 0.1) is 0 Å². The maximum absolute atomic E-state index is 5.57. The minimum atomic E-state index is 0.268. The van der Waals surface area contributed by atoms with E-state index in [0.717, 1.165) is 17.1 Å². The summed E-state index contributed by atoms with van der Waals surface area (Å²) in [6.07, 6.45) is 3.18. The first kappa shape index (κ1) is 11.7. The fourth-order valence-electron chi connectivity index (χ4n) is 1.74. The summed E-state index contributed by atoms with van der Waals surface area (Å²) in [6.45, 7) is 0.997. The van der Waals surface area contributed by atoms with Gasteiger partial charge in [-0.1, -0.05) is 6.07 Å². The summed E-state index contributed by atoms with van der Waals surface area (Å²) in [6, 6.07) is 5.68. The molecule has 1 aromatic heterocycles. The summed E-state index contributed by atoms with van der Waals surface area (Å²) in [4.78, 5) is 8.23. The Morgan fingerprint density at radius 1 is 1.21 bits per heavy atom. The van der Waals surface area contributed by atoms with Gasteiger partial charge in [0, 0.05) is 12.7 Å². The van der Waals surface area contributed by atoms with E-state index in [1.165, 1.54) is 0 Å². The molecule has 0 amide bonds. The van der Waals surface area contributed by atoms with E-state index < -0.39 is 0 Å². The van der Waals surface area contributed by atoms with Crippen molar-refractivity contribution in [2.75, 3.05) is 6.79 Å². The third kappa shape index (κ3) is 2.58. The largest absolute Gasteiger partial charge is 0.472 e. The Balaban J connectivity index is 1.68. The second kappa shape index (κ2) is 5.11. The second-order valence-electron chi connectivity index (χ2n) is 4.03. The molecule has 0 aliphatic carbocycles. The third-order valence-corrected chi connectivity index (χ3v) is 2.70. The summed E-state index contributed by atoms with van der Waals surface area (Å²) in [5.41, 5.74) is 7.17. The predicted octanol–water partition coefficient (Wildman–Crippen LogP) is 1.24. The quantitative estimate of drug-likeness (QED) is 0.890. The molecule has 2 heterocycles. The number of fused-ring (bicyclic) bond motifs is 1. The maximum atomic E-state index is 5.57. The molecule has 0 bridgehead atoms. The van der Waals surface area contributed by atoms with E-state index in [0.29, 0.717) is 24.7 Å². The zero-order valence-electron chi connectivity index (χ0n) is 10.2. The Labute approximate surface area is 110 Å². The van der Waals surface area contributed by atoms with Gasteiger partial charge in [-0.2, -0.15) is 0 Å². The van der Waals surface area contributed by atoms with Gasteiger partial charge in [-0.05, 0) is 17.7 Å². The van der Waals surface area contributed by atoms with Crippen molar-refractivity contribution in [2.24, 2.45) is 5.73 Å². The zero-order valence-corrected chi connectivity index (χ0v) is 10.2. The van der Waals surface area contributed by atoms with Crippen molar-refractivity contribution in [2.45, 2.75) is 13.2 Å². The Kier molecular flexibility index (Phi) is 3.16. The topological polar surface area (TPSA) is 79.5 Å². The van der Waals surface area contributed by atoms with Gasteiger partial charge in [0.1, 0.15) is 6.61 Å². The van der Waals surface area contributed by atoms with Gasteiger partial charge >= 0.3 is 0 Å². The van der Waals surface area contributed by atoms with Crippen LogP contribution in [0.3, 0.4) is 0 Å². The van der Waals surface area contributed by atoms with Crippen LogP contribution in [-0.2, 0) is 13.2 Å². The van der Waals surface area contributed by atoms with Crippen LogP contribution >= 0.6 is 0 Å². The highest BCUT2D eigenvalue weighted by atomic mass is 16.7. The molecule has 0 unspecified atom stereocenters. The SMILES string of the molecule is NCc1cncc(OCc2ccc3c(c2)OCO3)n1. The summed E-state index contributed by atoms with van der Waals surface area (Å²) < 4.78 is 16.1. The number of hydrogen-bond acceptors (Lipinski definition) is 6. The van der Waals surface area contributed by atoms with E-state index in [1.54, 1.807) is 12.4 Å². The first-order valence-corrected chi connectivity index (χ1v) is 5.87. The molecule has 0 saturated heterocycles. The van der Waals surface area contributed by atoms with Crippen molar-refractivity contribution >= 4 is 0 Å². The van der Waals surface area contributed by atoms with Gasteiger partial charge in [-0.15, -0.1) is 0 Å². The molecule has 1 aliphatic rings. The molecule has 3 rings (SSSR count). The van der Waals surface area contributed by atoms with Crippen molar-refractivity contribution in [3.63, 3.8) is 0 Å². The number of nitrogens with two attached hydrogens (primary N) is 1. The molecule has 0 fully saturated rings. The average Bonchev–Trinajstić information content (AvgIpc) is 2.93. The van der Waals surface area contributed by atoms with Crippen LogP contribution < -0.4 is 19.9 Å². The monoisotopic (exact) mass is 259 g/mol. The molecular formula is C13H13N3O3. The lowest BCUT2D eigenvalue weighted by Crippen LogP contribution is -2.03. The Morgan fingerprint density at radius 3 is 3.00 bits per heavy atom. The molecule has 19 heavy (non-hydrogen) atoms. The van der Waals surface area contributed by atoms with E-state index in [4.69, 9.17) is 19.9 Å². The molecule has 0 radical (unpaired) electrons. The van der Waals surface area contributed by atoms with Crippen LogP contribution in [0.4, 0.5) is 0 Å². The summed E-state index contributed by atoms with van der Waals surface area (Å²) in [5, 5.41) is 0. The zero-order chi connectivity index (χ0) is 13.1. The average molecular weight is 259 g/mol. The van der Waals surface area contributed by atoms with E-state index in [-0.39, 0.29) is 6.79 Å². The highest BCUT2D eigenvalue weighted by Crippen LogP contribution is 2.32. The molecule has 0 saturated carbocycles. The smallest absolute Gasteiger partial charge is 0.232 e. The lowest BCUT2D eigenvalue weighted by Gasteiger charge is -2.06. The van der Waals surface area contributed by atoms with Crippen molar-refractivity contribution < 1.29 is 14.2 Å². The van der Waals surface area contributed by atoms with E-state index >= 15 is 0 Å². The molecular weight excluding hydrogens is 246 g/mol. The van der Waals surface area contributed by atoms with Gasteiger partial charge < -0.3 is 19.9 Å². The number of benzene rings is 1. The van der Waals surface area contributed by atoms with E-state index in [9.17, 15) is 0 Å². The van der Waals surface area contributed by atoms with Crippen molar-refractivity contribution in [3.05, 3.63) is 41.9 Å². The number of aromatic nitrogens is 2. The van der Waals surface area contributed by atoms with Gasteiger partial charge in [0.25, 0.3) is 0 Å². The predicted molar refractivity (Wildman–Crippen MR) is 66.8 cm³/mol. The number of hydrogen-bond donors (Lipinski definition) is 1. The van der Waals surface area contributed by atoms with Gasteiger partial charge in [0.15, 0.2) is 11.5 Å². The van der Waals surface area contributed by atoms with Crippen LogP contribution in [0.25, 0.3) is 0 Å². The Hall–Kier alpha value is -2.34. The molecule has 1 aromatic carbocycles. The van der Waals surface area contributed by atoms with Crippen molar-refractivity contribution in [3.8, 4) is 17.4 Å². The Morgan fingerprint density at radius 2 is 2.11 bits per heavy atom. The highest BCUT2D eigenvalue weighted by molar-refractivity contribution is 5.44. The second-order valence-corrected chi connectivity index (χ2v) is 4.03. The molecule has 6 nitrogen and oxygen atoms in total. The molecule has 98 valence electrons. The fourth-order valence-corrected chi connectivity index (χ4v) is 1.74. The molecule has 0 spiro atoms. The van der Waals surface area contributed by atoms with Crippen LogP contribution in [0.1, 0.15) is 11.3 Å². The molecule has 2 N–H and O–H groups in total. The fraction of sp³-hybridized carbons (Fsp3) is 0.231. The first-order chi connectivity index (χ1) is 9.35. The molecule has 6 heteroatoms. The van der Waals surface area contributed by atoms with E-state index in [1.807, 2.05) is 18.2 Å². The number of ether oxygens (including phenoxy) is 3. The molecule has 1 aliphatic heterocycles. The van der Waals surface area contributed by atoms with Gasteiger partial charge in [0.05, 0.1) is 11.9 Å². The highest BCUT2D eigenvalue weighted by Gasteiger charge is 2.13. The van der Waals surface area contributed by atoms with Crippen molar-refractivity contribution in [1.29, 1.82) is 0 Å². The van der Waals surface area contributed by atoms with Gasteiger partial charge in [-0.3, -0.25) is 4.98 Å². The van der Waals surface area contributed by atoms with Crippen LogP contribution in [-0.4, -0.2) is 16.8 Å². The molecule has 0 atom stereocenters. The van der Waals surface area contributed by atoms with Gasteiger partial charge in [0.2, 0.25) is 12.7 Å². The number of nitrogens with zero attached hydrogens (tertiary/aromatic N) is 2. The Bertz CT molecular complexity index is 589. The lowest BCUT2D eigenvalue weighted by atomic mass is 10.2. The van der Waals surface area contributed by atoms with Gasteiger partial charge in [-0.25, -0.2) is 4.98 Å².